The summed E-state index contributed by atoms with van der Waals surface area (Å²) in [6.07, 6.45) is 1.41. The van der Waals surface area contributed by atoms with Gasteiger partial charge in [-0.3, -0.25) is 0 Å². The Morgan fingerprint density at radius 2 is 1.83 bits per heavy atom. The molecule has 0 radical (unpaired) electrons. The van der Waals surface area contributed by atoms with Gasteiger partial charge < -0.3 is 14.6 Å². The summed E-state index contributed by atoms with van der Waals surface area (Å²) in [5, 5.41) is 10.2. The third kappa shape index (κ3) is 2.17. The first-order valence-electron chi connectivity index (χ1n) is 6.00. The highest BCUT2D eigenvalue weighted by atomic mass is 19.1. The smallest absolute Gasteiger partial charge is 0.167 e. The predicted octanol–water partition coefficient (Wildman–Crippen LogP) is 2.89. The molecule has 100 valence electrons. The van der Waals surface area contributed by atoms with Gasteiger partial charge in [0.2, 0.25) is 0 Å². The topological polar surface area (TPSA) is 38.7 Å². The second-order valence-electron chi connectivity index (χ2n) is 5.26. The molecule has 4 heteroatoms. The maximum atomic E-state index is 14.3. The molecule has 1 aliphatic rings. The highest BCUT2D eigenvalue weighted by molar-refractivity contribution is 5.53. The molecule has 1 fully saturated rings. The Kier molecular flexibility index (Phi) is 3.01. The average Bonchev–Trinajstić information content (AvgIpc) is 3.05. The van der Waals surface area contributed by atoms with Crippen LogP contribution in [0.1, 0.15) is 37.8 Å². The fourth-order valence-electron chi connectivity index (χ4n) is 2.08. The van der Waals surface area contributed by atoms with Gasteiger partial charge in [-0.15, -0.1) is 0 Å². The highest BCUT2D eigenvalue weighted by Gasteiger charge is 2.43. The number of halogens is 1. The maximum absolute atomic E-state index is 14.3. The molecule has 0 unspecified atom stereocenters. The first-order valence-corrected chi connectivity index (χ1v) is 6.00. The molecule has 0 heterocycles. The molecule has 0 atom stereocenters. The summed E-state index contributed by atoms with van der Waals surface area (Å²) < 4.78 is 24.7. The summed E-state index contributed by atoms with van der Waals surface area (Å²) in [7, 11) is 2.99. The standard InChI is InChI=1S/C14H19FO3/c1-13(2,15)10-7-9(14(16)5-6-14)8-11(17-3)12(10)18-4/h7-8,16H,5-6H2,1-4H3. The van der Waals surface area contributed by atoms with Gasteiger partial charge in [0.1, 0.15) is 5.67 Å². The Labute approximate surface area is 107 Å². The van der Waals surface area contributed by atoms with Crippen molar-refractivity contribution in [2.24, 2.45) is 0 Å². The summed E-state index contributed by atoms with van der Waals surface area (Å²) >= 11 is 0. The number of methoxy groups -OCH3 is 2. The Morgan fingerprint density at radius 1 is 1.22 bits per heavy atom. The lowest BCUT2D eigenvalue weighted by Gasteiger charge is -2.23. The SMILES string of the molecule is COc1cc(C2(O)CC2)cc(C(C)(C)F)c1OC. The fraction of sp³-hybridized carbons (Fsp3) is 0.571. The van der Waals surface area contributed by atoms with Crippen molar-refractivity contribution in [3.8, 4) is 11.5 Å². The number of rotatable bonds is 4. The zero-order valence-electron chi connectivity index (χ0n) is 11.2. The van der Waals surface area contributed by atoms with Gasteiger partial charge in [-0.05, 0) is 44.4 Å². The van der Waals surface area contributed by atoms with Crippen LogP contribution in [0.2, 0.25) is 0 Å². The molecule has 1 saturated carbocycles. The maximum Gasteiger partial charge on any atom is 0.167 e. The van der Waals surface area contributed by atoms with E-state index in [-0.39, 0.29) is 0 Å². The largest absolute Gasteiger partial charge is 0.493 e. The van der Waals surface area contributed by atoms with Crippen molar-refractivity contribution in [2.75, 3.05) is 14.2 Å². The molecule has 0 amide bonds. The van der Waals surface area contributed by atoms with Crippen molar-refractivity contribution in [1.29, 1.82) is 0 Å². The molecular formula is C14H19FO3. The summed E-state index contributed by atoms with van der Waals surface area (Å²) in [6, 6.07) is 3.40. The van der Waals surface area contributed by atoms with Crippen LogP contribution in [0, 0.1) is 0 Å². The molecule has 1 aliphatic carbocycles. The van der Waals surface area contributed by atoms with Crippen LogP contribution in [0.15, 0.2) is 12.1 Å². The van der Waals surface area contributed by atoms with Crippen molar-refractivity contribution in [2.45, 2.75) is 38.0 Å². The van der Waals surface area contributed by atoms with Crippen LogP contribution in [0.5, 0.6) is 11.5 Å². The van der Waals surface area contributed by atoms with Crippen LogP contribution in [-0.2, 0) is 11.3 Å². The van der Waals surface area contributed by atoms with E-state index in [1.54, 1.807) is 12.1 Å². The minimum absolute atomic E-state index is 0.387. The summed E-state index contributed by atoms with van der Waals surface area (Å²) in [4.78, 5) is 0. The van der Waals surface area contributed by atoms with E-state index < -0.39 is 11.3 Å². The van der Waals surface area contributed by atoms with Crippen molar-refractivity contribution in [3.05, 3.63) is 23.3 Å². The number of alkyl halides is 1. The molecule has 3 nitrogen and oxygen atoms in total. The molecule has 1 aromatic rings. The van der Waals surface area contributed by atoms with E-state index in [1.165, 1.54) is 28.1 Å². The van der Waals surface area contributed by atoms with Crippen LogP contribution in [0.25, 0.3) is 0 Å². The van der Waals surface area contributed by atoms with Crippen molar-refractivity contribution in [1.82, 2.24) is 0 Å². The van der Waals surface area contributed by atoms with E-state index in [2.05, 4.69) is 0 Å². The van der Waals surface area contributed by atoms with E-state index in [4.69, 9.17) is 9.47 Å². The number of benzene rings is 1. The molecule has 18 heavy (non-hydrogen) atoms. The summed E-state index contributed by atoms with van der Waals surface area (Å²) in [6.45, 7) is 2.93. The van der Waals surface area contributed by atoms with Crippen molar-refractivity contribution < 1.29 is 19.0 Å². The lowest BCUT2D eigenvalue weighted by molar-refractivity contribution is 0.149. The van der Waals surface area contributed by atoms with Crippen molar-refractivity contribution >= 4 is 0 Å². The van der Waals surface area contributed by atoms with Gasteiger partial charge in [-0.25, -0.2) is 4.39 Å². The minimum atomic E-state index is -1.56. The Balaban J connectivity index is 2.61. The molecule has 0 saturated heterocycles. The van der Waals surface area contributed by atoms with Gasteiger partial charge in [0.25, 0.3) is 0 Å². The Bertz CT molecular complexity index is 459. The van der Waals surface area contributed by atoms with Gasteiger partial charge in [0.15, 0.2) is 11.5 Å². The fourth-order valence-corrected chi connectivity index (χ4v) is 2.08. The quantitative estimate of drug-likeness (QED) is 0.898. The van der Waals surface area contributed by atoms with Crippen LogP contribution in [0.3, 0.4) is 0 Å². The molecule has 0 bridgehead atoms. The molecule has 1 aromatic carbocycles. The summed E-state index contributed by atoms with van der Waals surface area (Å²) in [5.41, 5.74) is -1.28. The second kappa shape index (κ2) is 4.12. The number of hydrogen-bond acceptors (Lipinski definition) is 3. The lowest BCUT2D eigenvalue weighted by atomic mass is 9.94. The molecule has 0 spiro atoms. The lowest BCUT2D eigenvalue weighted by Crippen LogP contribution is -2.15. The molecule has 1 N–H and O–H groups in total. The zero-order chi connectivity index (χ0) is 13.6. The normalized spacial score (nSPS) is 17.4. The third-order valence-electron chi connectivity index (χ3n) is 3.38. The first kappa shape index (κ1) is 13.1. The number of ether oxygens (including phenoxy) is 2. The number of hydrogen-bond donors (Lipinski definition) is 1. The van der Waals surface area contributed by atoms with Gasteiger partial charge in [-0.1, -0.05) is 0 Å². The van der Waals surface area contributed by atoms with Crippen LogP contribution >= 0.6 is 0 Å². The zero-order valence-corrected chi connectivity index (χ0v) is 11.2. The minimum Gasteiger partial charge on any atom is -0.493 e. The molecular weight excluding hydrogens is 235 g/mol. The molecule has 0 aliphatic heterocycles. The van der Waals surface area contributed by atoms with Crippen LogP contribution in [0.4, 0.5) is 4.39 Å². The highest BCUT2D eigenvalue weighted by Crippen LogP contribution is 2.50. The van der Waals surface area contributed by atoms with E-state index in [0.717, 1.165) is 0 Å². The van der Waals surface area contributed by atoms with Gasteiger partial charge >= 0.3 is 0 Å². The Hall–Kier alpha value is -1.29. The first-order chi connectivity index (χ1) is 8.31. The molecule has 0 aromatic heterocycles. The second-order valence-corrected chi connectivity index (χ2v) is 5.26. The molecule has 2 rings (SSSR count). The third-order valence-corrected chi connectivity index (χ3v) is 3.38. The Morgan fingerprint density at radius 3 is 2.22 bits per heavy atom. The van der Waals surface area contributed by atoms with Crippen LogP contribution in [-0.4, -0.2) is 19.3 Å². The van der Waals surface area contributed by atoms with E-state index >= 15 is 0 Å². The van der Waals surface area contributed by atoms with Gasteiger partial charge in [-0.2, -0.15) is 0 Å². The average molecular weight is 254 g/mol. The van der Waals surface area contributed by atoms with Crippen molar-refractivity contribution in [3.63, 3.8) is 0 Å². The van der Waals surface area contributed by atoms with Gasteiger partial charge in [0, 0.05) is 5.56 Å². The van der Waals surface area contributed by atoms with Crippen LogP contribution < -0.4 is 9.47 Å². The monoisotopic (exact) mass is 254 g/mol. The van der Waals surface area contributed by atoms with Gasteiger partial charge in [0.05, 0.1) is 19.8 Å². The number of aliphatic hydroxyl groups is 1. The van der Waals surface area contributed by atoms with E-state index in [9.17, 15) is 9.50 Å². The van der Waals surface area contributed by atoms with E-state index in [1.807, 2.05) is 0 Å². The summed E-state index contributed by atoms with van der Waals surface area (Å²) in [5.74, 6) is 0.842. The predicted molar refractivity (Wildman–Crippen MR) is 66.8 cm³/mol. The van der Waals surface area contributed by atoms with E-state index in [0.29, 0.717) is 35.5 Å².